The summed E-state index contributed by atoms with van der Waals surface area (Å²) in [4.78, 5) is 4.16. The Kier molecular flexibility index (Phi) is 3.15. The normalized spacial score (nSPS) is 11.2. The molecule has 0 radical (unpaired) electrons. The second-order valence-corrected chi connectivity index (χ2v) is 5.18. The maximum Gasteiger partial charge on any atom is 0.257 e. The Morgan fingerprint density at radius 3 is 2.44 bits per heavy atom. The molecule has 18 heavy (non-hydrogen) atoms. The van der Waals surface area contributed by atoms with Gasteiger partial charge in [-0.25, -0.2) is 0 Å². The summed E-state index contributed by atoms with van der Waals surface area (Å²) in [6.45, 7) is 6.50. The molecule has 2 aromatic rings. The van der Waals surface area contributed by atoms with Gasteiger partial charge in [0, 0.05) is 5.56 Å². The Bertz CT molecular complexity index is 570. The molecule has 0 aliphatic rings. The number of nitrogens with zero attached hydrogens (tertiary/aromatic N) is 3. The Morgan fingerprint density at radius 1 is 1.22 bits per heavy atom. The largest absolute Gasteiger partial charge is 0.334 e. The second kappa shape index (κ2) is 4.61. The van der Waals surface area contributed by atoms with Crippen LogP contribution in [0.3, 0.4) is 0 Å². The molecule has 2 rings (SSSR count). The quantitative estimate of drug-likeness (QED) is 0.810. The molecule has 0 saturated carbocycles. The monoisotopic (exact) mass is 241 g/mol. The van der Waals surface area contributed by atoms with Crippen LogP contribution in [0.2, 0.25) is 0 Å². The molecule has 1 heterocycles. The molecular weight excluding hydrogens is 226 g/mol. The first-order valence-electron chi connectivity index (χ1n) is 5.81. The van der Waals surface area contributed by atoms with E-state index < -0.39 is 0 Å². The van der Waals surface area contributed by atoms with Crippen molar-refractivity contribution < 1.29 is 4.52 Å². The fourth-order valence-corrected chi connectivity index (χ4v) is 1.63. The van der Waals surface area contributed by atoms with Crippen LogP contribution in [0.4, 0.5) is 0 Å². The third-order valence-corrected chi connectivity index (χ3v) is 2.70. The number of aromatic nitrogens is 2. The molecule has 0 N–H and O–H groups in total. The van der Waals surface area contributed by atoms with Gasteiger partial charge in [-0.15, -0.1) is 0 Å². The topological polar surface area (TPSA) is 62.7 Å². The SMILES string of the molecule is CC(C)(C)c1ccc(-c2nc(CC#N)no2)cc1. The maximum absolute atomic E-state index is 8.55. The molecule has 0 spiro atoms. The summed E-state index contributed by atoms with van der Waals surface area (Å²) in [5, 5.41) is 12.3. The van der Waals surface area contributed by atoms with Gasteiger partial charge in [-0.3, -0.25) is 0 Å². The highest BCUT2D eigenvalue weighted by atomic mass is 16.5. The average molecular weight is 241 g/mol. The summed E-state index contributed by atoms with van der Waals surface area (Å²) in [6, 6.07) is 10.0. The van der Waals surface area contributed by atoms with Gasteiger partial charge >= 0.3 is 0 Å². The first kappa shape index (κ1) is 12.3. The fourth-order valence-electron chi connectivity index (χ4n) is 1.63. The van der Waals surface area contributed by atoms with Crippen LogP contribution in [-0.2, 0) is 11.8 Å². The molecule has 92 valence electrons. The molecule has 0 fully saturated rings. The molecule has 0 bridgehead atoms. The summed E-state index contributed by atoms with van der Waals surface area (Å²) in [5.74, 6) is 0.883. The van der Waals surface area contributed by atoms with E-state index in [1.165, 1.54) is 5.56 Å². The average Bonchev–Trinajstić information content (AvgIpc) is 2.77. The zero-order valence-electron chi connectivity index (χ0n) is 10.8. The minimum Gasteiger partial charge on any atom is -0.334 e. The summed E-state index contributed by atoms with van der Waals surface area (Å²) in [7, 11) is 0. The lowest BCUT2D eigenvalue weighted by atomic mass is 9.87. The van der Waals surface area contributed by atoms with Crippen molar-refractivity contribution in [1.29, 1.82) is 5.26 Å². The fraction of sp³-hybridized carbons (Fsp3) is 0.357. The van der Waals surface area contributed by atoms with E-state index >= 15 is 0 Å². The van der Waals surface area contributed by atoms with Crippen molar-refractivity contribution in [3.05, 3.63) is 35.7 Å². The molecule has 0 unspecified atom stereocenters. The number of benzene rings is 1. The second-order valence-electron chi connectivity index (χ2n) is 5.18. The van der Waals surface area contributed by atoms with Gasteiger partial charge in [-0.1, -0.05) is 38.1 Å². The van der Waals surface area contributed by atoms with E-state index in [-0.39, 0.29) is 11.8 Å². The molecule has 0 aliphatic carbocycles. The predicted molar refractivity (Wildman–Crippen MR) is 67.8 cm³/mol. The Balaban J connectivity index is 2.26. The van der Waals surface area contributed by atoms with E-state index in [0.29, 0.717) is 11.7 Å². The van der Waals surface area contributed by atoms with Crippen molar-refractivity contribution in [1.82, 2.24) is 10.1 Å². The third-order valence-electron chi connectivity index (χ3n) is 2.70. The first-order chi connectivity index (χ1) is 8.50. The van der Waals surface area contributed by atoms with Crippen LogP contribution >= 0.6 is 0 Å². The third kappa shape index (κ3) is 2.57. The van der Waals surface area contributed by atoms with Crippen molar-refractivity contribution in [3.63, 3.8) is 0 Å². The number of hydrogen-bond donors (Lipinski definition) is 0. The van der Waals surface area contributed by atoms with E-state index in [9.17, 15) is 0 Å². The molecule has 1 aromatic carbocycles. The van der Waals surface area contributed by atoms with Crippen LogP contribution in [0, 0.1) is 11.3 Å². The van der Waals surface area contributed by atoms with Crippen molar-refractivity contribution in [2.75, 3.05) is 0 Å². The van der Waals surface area contributed by atoms with Crippen LogP contribution in [0.15, 0.2) is 28.8 Å². The van der Waals surface area contributed by atoms with Crippen molar-refractivity contribution >= 4 is 0 Å². The van der Waals surface area contributed by atoms with Crippen molar-refractivity contribution in [3.8, 4) is 17.5 Å². The molecular formula is C14H15N3O. The van der Waals surface area contributed by atoms with Gasteiger partial charge in [0.15, 0.2) is 5.82 Å². The van der Waals surface area contributed by atoms with E-state index in [0.717, 1.165) is 5.56 Å². The van der Waals surface area contributed by atoms with Crippen LogP contribution in [-0.4, -0.2) is 10.1 Å². The van der Waals surface area contributed by atoms with Crippen molar-refractivity contribution in [2.45, 2.75) is 32.6 Å². The Hall–Kier alpha value is -2.15. The summed E-state index contributed by atoms with van der Waals surface area (Å²) in [6.07, 6.45) is 0.170. The molecule has 1 aromatic heterocycles. The molecule has 0 aliphatic heterocycles. The summed E-state index contributed by atoms with van der Waals surface area (Å²) < 4.78 is 5.12. The summed E-state index contributed by atoms with van der Waals surface area (Å²) in [5.41, 5.74) is 2.25. The number of rotatable bonds is 2. The minimum atomic E-state index is 0.124. The Labute approximate surface area is 106 Å². The first-order valence-corrected chi connectivity index (χ1v) is 5.81. The van der Waals surface area contributed by atoms with Gasteiger partial charge < -0.3 is 4.52 Å². The van der Waals surface area contributed by atoms with Gasteiger partial charge in [-0.05, 0) is 23.1 Å². The zero-order chi connectivity index (χ0) is 13.2. The van der Waals surface area contributed by atoms with Crippen LogP contribution in [0.1, 0.15) is 32.2 Å². The van der Waals surface area contributed by atoms with E-state index in [2.05, 4.69) is 43.0 Å². The van der Waals surface area contributed by atoms with Crippen LogP contribution in [0.25, 0.3) is 11.5 Å². The number of hydrogen-bond acceptors (Lipinski definition) is 4. The van der Waals surface area contributed by atoms with Gasteiger partial charge in [0.1, 0.15) is 0 Å². The molecule has 0 atom stereocenters. The lowest BCUT2D eigenvalue weighted by molar-refractivity contribution is 0.424. The molecule has 0 saturated heterocycles. The van der Waals surface area contributed by atoms with E-state index in [1.807, 2.05) is 18.2 Å². The van der Waals surface area contributed by atoms with Gasteiger partial charge in [0.05, 0.1) is 12.5 Å². The highest BCUT2D eigenvalue weighted by molar-refractivity contribution is 5.53. The molecule has 0 amide bonds. The van der Waals surface area contributed by atoms with Crippen LogP contribution in [0.5, 0.6) is 0 Å². The maximum atomic E-state index is 8.55. The summed E-state index contributed by atoms with van der Waals surface area (Å²) >= 11 is 0. The standard InChI is InChI=1S/C14H15N3O/c1-14(2,3)11-6-4-10(5-7-11)13-16-12(8-9-15)17-18-13/h4-7H,8H2,1-3H3. The number of nitriles is 1. The predicted octanol–water partition coefficient (Wildman–Crippen LogP) is 3.10. The lowest BCUT2D eigenvalue weighted by Crippen LogP contribution is -2.10. The highest BCUT2D eigenvalue weighted by Gasteiger charge is 2.14. The Morgan fingerprint density at radius 2 is 1.89 bits per heavy atom. The zero-order valence-corrected chi connectivity index (χ0v) is 10.8. The van der Waals surface area contributed by atoms with Gasteiger partial charge in [-0.2, -0.15) is 10.2 Å². The van der Waals surface area contributed by atoms with Gasteiger partial charge in [0.25, 0.3) is 5.89 Å². The molecule has 4 heteroatoms. The molecule has 4 nitrogen and oxygen atoms in total. The highest BCUT2D eigenvalue weighted by Crippen LogP contribution is 2.25. The smallest absolute Gasteiger partial charge is 0.257 e. The van der Waals surface area contributed by atoms with Crippen LogP contribution < -0.4 is 0 Å². The minimum absolute atomic E-state index is 0.124. The van der Waals surface area contributed by atoms with E-state index in [1.54, 1.807) is 0 Å². The van der Waals surface area contributed by atoms with Gasteiger partial charge in [0.2, 0.25) is 0 Å². The van der Waals surface area contributed by atoms with Crippen molar-refractivity contribution in [2.24, 2.45) is 0 Å². The lowest BCUT2D eigenvalue weighted by Gasteiger charge is -2.18. The van der Waals surface area contributed by atoms with E-state index in [4.69, 9.17) is 9.78 Å².